The van der Waals surface area contributed by atoms with Gasteiger partial charge in [-0.15, -0.1) is 0 Å². The Morgan fingerprint density at radius 2 is 2.33 bits per heavy atom. The third-order valence-electron chi connectivity index (χ3n) is 2.46. The Labute approximate surface area is 88.6 Å². The maximum absolute atomic E-state index is 8.81. The largest absolute Gasteiger partial charge is 0.396 e. The zero-order valence-electron chi connectivity index (χ0n) is 8.85. The van der Waals surface area contributed by atoms with Crippen LogP contribution in [0.25, 0.3) is 11.2 Å². The van der Waals surface area contributed by atoms with Crippen LogP contribution in [0, 0.1) is 0 Å². The molecule has 0 aliphatic heterocycles. The summed E-state index contributed by atoms with van der Waals surface area (Å²) in [6.45, 7) is 3.16. The van der Waals surface area contributed by atoms with Crippen LogP contribution >= 0.6 is 0 Å². The molecule has 0 bridgehead atoms. The van der Waals surface area contributed by atoms with Gasteiger partial charge in [-0.2, -0.15) is 0 Å². The van der Waals surface area contributed by atoms with Gasteiger partial charge >= 0.3 is 0 Å². The van der Waals surface area contributed by atoms with Crippen molar-refractivity contribution in [1.29, 1.82) is 0 Å². The maximum atomic E-state index is 8.81. The van der Waals surface area contributed by atoms with E-state index in [0.717, 1.165) is 36.4 Å². The number of hydrogen-bond acceptors (Lipinski definition) is 3. The second-order valence-corrected chi connectivity index (χ2v) is 3.45. The van der Waals surface area contributed by atoms with Crippen LogP contribution in [0.2, 0.25) is 0 Å². The van der Waals surface area contributed by atoms with Gasteiger partial charge in [-0.25, -0.2) is 9.97 Å². The number of aliphatic hydroxyl groups is 1. The zero-order valence-corrected chi connectivity index (χ0v) is 8.85. The Balaban J connectivity index is 2.44. The van der Waals surface area contributed by atoms with E-state index in [1.807, 2.05) is 12.1 Å². The van der Waals surface area contributed by atoms with Gasteiger partial charge in [0, 0.05) is 25.8 Å². The molecule has 0 spiro atoms. The van der Waals surface area contributed by atoms with E-state index < -0.39 is 0 Å². The maximum Gasteiger partial charge on any atom is 0.159 e. The summed E-state index contributed by atoms with van der Waals surface area (Å²) in [5, 5.41) is 8.81. The normalized spacial score (nSPS) is 11.1. The highest BCUT2D eigenvalue weighted by molar-refractivity contribution is 5.71. The highest BCUT2D eigenvalue weighted by Crippen LogP contribution is 2.14. The number of rotatable bonds is 4. The lowest BCUT2D eigenvalue weighted by Gasteiger charge is -2.03. The summed E-state index contributed by atoms with van der Waals surface area (Å²) < 4.78 is 2.10. The molecule has 80 valence electrons. The fourth-order valence-corrected chi connectivity index (χ4v) is 1.77. The number of imidazole rings is 1. The van der Waals surface area contributed by atoms with Crippen molar-refractivity contribution in [1.82, 2.24) is 14.5 Å². The quantitative estimate of drug-likeness (QED) is 0.820. The standard InChI is InChI=1S/C11H15N3O/c1-2-14-10(6-4-8-15)13-9-5-3-7-12-11(9)14/h3,5,7,15H,2,4,6,8H2,1H3. The SMILES string of the molecule is CCn1c(CCCO)nc2cccnc21. The molecule has 0 unspecified atom stereocenters. The third-order valence-corrected chi connectivity index (χ3v) is 2.46. The molecular weight excluding hydrogens is 190 g/mol. The number of fused-ring (bicyclic) bond motifs is 1. The van der Waals surface area contributed by atoms with Crippen LogP contribution in [0.3, 0.4) is 0 Å². The van der Waals surface area contributed by atoms with Crippen LogP contribution in [-0.4, -0.2) is 26.2 Å². The minimum absolute atomic E-state index is 0.209. The molecule has 0 aliphatic rings. The molecular formula is C11H15N3O. The molecule has 0 radical (unpaired) electrons. The summed E-state index contributed by atoms with van der Waals surface area (Å²) in [7, 11) is 0. The van der Waals surface area contributed by atoms with Crippen LogP contribution < -0.4 is 0 Å². The molecule has 4 heteroatoms. The molecule has 0 amide bonds. The summed E-state index contributed by atoms with van der Waals surface area (Å²) in [5.74, 6) is 1.01. The molecule has 4 nitrogen and oxygen atoms in total. The van der Waals surface area contributed by atoms with E-state index in [-0.39, 0.29) is 6.61 Å². The second-order valence-electron chi connectivity index (χ2n) is 3.45. The summed E-state index contributed by atoms with van der Waals surface area (Å²) in [6.07, 6.45) is 3.34. The van der Waals surface area contributed by atoms with Crippen LogP contribution in [0.1, 0.15) is 19.2 Å². The number of aromatic nitrogens is 3. The summed E-state index contributed by atoms with van der Waals surface area (Å²) in [6, 6.07) is 3.86. The highest BCUT2D eigenvalue weighted by Gasteiger charge is 2.08. The van der Waals surface area contributed by atoms with Crippen molar-refractivity contribution in [3.8, 4) is 0 Å². The fraction of sp³-hybridized carbons (Fsp3) is 0.455. The lowest BCUT2D eigenvalue weighted by atomic mass is 10.3. The van der Waals surface area contributed by atoms with Gasteiger partial charge < -0.3 is 9.67 Å². The number of aliphatic hydroxyl groups excluding tert-OH is 1. The first-order valence-electron chi connectivity index (χ1n) is 5.27. The molecule has 0 atom stereocenters. The monoisotopic (exact) mass is 205 g/mol. The first kappa shape index (κ1) is 10.1. The van der Waals surface area contributed by atoms with Crippen molar-refractivity contribution in [3.63, 3.8) is 0 Å². The molecule has 15 heavy (non-hydrogen) atoms. The summed E-state index contributed by atoms with van der Waals surface area (Å²) >= 11 is 0. The Hall–Kier alpha value is -1.42. The van der Waals surface area contributed by atoms with Gasteiger partial charge in [0.05, 0.1) is 0 Å². The van der Waals surface area contributed by atoms with Gasteiger partial charge in [0.15, 0.2) is 5.65 Å². The molecule has 2 aromatic heterocycles. The molecule has 2 rings (SSSR count). The van der Waals surface area contributed by atoms with E-state index in [1.54, 1.807) is 6.20 Å². The summed E-state index contributed by atoms with van der Waals surface area (Å²) in [5.41, 5.74) is 1.88. The van der Waals surface area contributed by atoms with Crippen molar-refractivity contribution in [2.75, 3.05) is 6.61 Å². The van der Waals surface area contributed by atoms with E-state index in [0.29, 0.717) is 0 Å². The van der Waals surface area contributed by atoms with E-state index in [9.17, 15) is 0 Å². The molecule has 0 fully saturated rings. The van der Waals surface area contributed by atoms with E-state index >= 15 is 0 Å². The number of pyridine rings is 1. The molecule has 0 aromatic carbocycles. The smallest absolute Gasteiger partial charge is 0.159 e. The van der Waals surface area contributed by atoms with Crippen molar-refractivity contribution in [3.05, 3.63) is 24.2 Å². The van der Waals surface area contributed by atoms with Crippen molar-refractivity contribution in [2.24, 2.45) is 0 Å². The predicted octanol–water partition coefficient (Wildman–Crippen LogP) is 1.38. The highest BCUT2D eigenvalue weighted by atomic mass is 16.2. The molecule has 1 N–H and O–H groups in total. The Morgan fingerprint density at radius 3 is 3.07 bits per heavy atom. The predicted molar refractivity (Wildman–Crippen MR) is 58.6 cm³/mol. The molecule has 2 heterocycles. The van der Waals surface area contributed by atoms with Crippen LogP contribution in [0.15, 0.2) is 18.3 Å². The van der Waals surface area contributed by atoms with E-state index in [4.69, 9.17) is 5.11 Å². The average Bonchev–Trinajstić information content (AvgIpc) is 2.63. The minimum atomic E-state index is 0.209. The van der Waals surface area contributed by atoms with E-state index in [1.165, 1.54) is 0 Å². The lowest BCUT2D eigenvalue weighted by molar-refractivity contribution is 0.287. The Kier molecular flexibility index (Phi) is 2.97. The second kappa shape index (κ2) is 4.40. The molecule has 0 aliphatic carbocycles. The van der Waals surface area contributed by atoms with E-state index in [2.05, 4.69) is 21.5 Å². The number of nitrogens with zero attached hydrogens (tertiary/aromatic N) is 3. The van der Waals surface area contributed by atoms with Crippen LogP contribution in [0.4, 0.5) is 0 Å². The Morgan fingerprint density at radius 1 is 1.47 bits per heavy atom. The molecule has 2 aromatic rings. The van der Waals surface area contributed by atoms with Gasteiger partial charge in [0.1, 0.15) is 11.3 Å². The Bertz CT molecular complexity index is 450. The summed E-state index contributed by atoms with van der Waals surface area (Å²) in [4.78, 5) is 8.83. The van der Waals surface area contributed by atoms with Crippen LogP contribution in [-0.2, 0) is 13.0 Å². The number of hydrogen-bond donors (Lipinski definition) is 1. The van der Waals surface area contributed by atoms with Crippen molar-refractivity contribution < 1.29 is 5.11 Å². The lowest BCUT2D eigenvalue weighted by Crippen LogP contribution is -2.03. The first-order valence-corrected chi connectivity index (χ1v) is 5.27. The fourth-order valence-electron chi connectivity index (χ4n) is 1.77. The van der Waals surface area contributed by atoms with Gasteiger partial charge in [0.2, 0.25) is 0 Å². The van der Waals surface area contributed by atoms with Gasteiger partial charge in [-0.3, -0.25) is 0 Å². The molecule has 0 saturated carbocycles. The van der Waals surface area contributed by atoms with Gasteiger partial charge in [-0.1, -0.05) is 0 Å². The topological polar surface area (TPSA) is 50.9 Å². The zero-order chi connectivity index (χ0) is 10.7. The first-order chi connectivity index (χ1) is 7.36. The van der Waals surface area contributed by atoms with Gasteiger partial charge in [0.25, 0.3) is 0 Å². The van der Waals surface area contributed by atoms with Crippen LogP contribution in [0.5, 0.6) is 0 Å². The van der Waals surface area contributed by atoms with Gasteiger partial charge in [-0.05, 0) is 25.5 Å². The van der Waals surface area contributed by atoms with Crippen molar-refractivity contribution in [2.45, 2.75) is 26.3 Å². The molecule has 0 saturated heterocycles. The number of aryl methyl sites for hydroxylation is 2. The van der Waals surface area contributed by atoms with Crippen molar-refractivity contribution >= 4 is 11.2 Å². The minimum Gasteiger partial charge on any atom is -0.396 e. The third kappa shape index (κ3) is 1.85. The average molecular weight is 205 g/mol.